The van der Waals surface area contributed by atoms with Crippen LogP contribution in [0.1, 0.15) is 28.4 Å². The van der Waals surface area contributed by atoms with Crippen LogP contribution >= 0.6 is 0 Å². The van der Waals surface area contributed by atoms with Gasteiger partial charge in [0.2, 0.25) is 0 Å². The molecule has 100 valence electrons. The summed E-state index contributed by atoms with van der Waals surface area (Å²) in [5.41, 5.74) is 5.88. The highest BCUT2D eigenvalue weighted by Crippen LogP contribution is 2.36. The summed E-state index contributed by atoms with van der Waals surface area (Å²) in [6.07, 6.45) is 3.68. The highest BCUT2D eigenvalue weighted by molar-refractivity contribution is 5.88. The van der Waals surface area contributed by atoms with Crippen molar-refractivity contribution in [1.29, 1.82) is 0 Å². The Bertz CT molecular complexity index is 800. The summed E-state index contributed by atoms with van der Waals surface area (Å²) in [7, 11) is 2.08. The molecule has 0 saturated carbocycles. The molecular weight excluding hydrogens is 246 g/mol. The lowest BCUT2D eigenvalue weighted by atomic mass is 9.88. The van der Waals surface area contributed by atoms with Gasteiger partial charge in [-0.3, -0.25) is 0 Å². The third kappa shape index (κ3) is 1.55. The fraction of sp³-hybridized carbons (Fsp3) is 0.222. The molecule has 20 heavy (non-hydrogen) atoms. The number of hydrogen-bond donors (Lipinski definition) is 1. The van der Waals surface area contributed by atoms with Gasteiger partial charge >= 0.3 is 0 Å². The zero-order valence-electron chi connectivity index (χ0n) is 11.5. The molecule has 1 aromatic heterocycles. The number of nitrogens with zero attached hydrogens (tertiary/aromatic N) is 1. The van der Waals surface area contributed by atoms with Crippen molar-refractivity contribution in [2.75, 3.05) is 0 Å². The van der Waals surface area contributed by atoms with E-state index in [1.54, 1.807) is 0 Å². The summed E-state index contributed by atoms with van der Waals surface area (Å²) in [4.78, 5) is 0. The lowest BCUT2D eigenvalue weighted by molar-refractivity contribution is 0.220. The number of rotatable bonds is 0. The Morgan fingerprint density at radius 3 is 2.60 bits per heavy atom. The first-order valence-corrected chi connectivity index (χ1v) is 7.08. The molecule has 0 spiro atoms. The van der Waals surface area contributed by atoms with Crippen LogP contribution in [0, 0.1) is 0 Å². The van der Waals surface area contributed by atoms with Crippen LogP contribution in [-0.2, 0) is 19.9 Å². The molecule has 1 aliphatic carbocycles. The zero-order chi connectivity index (χ0) is 13.7. The van der Waals surface area contributed by atoms with Crippen molar-refractivity contribution in [3.8, 4) is 0 Å². The van der Waals surface area contributed by atoms with E-state index < -0.39 is 6.10 Å². The highest BCUT2D eigenvalue weighted by atomic mass is 16.3. The molecule has 1 N–H and O–H groups in total. The van der Waals surface area contributed by atoms with E-state index in [0.717, 1.165) is 24.0 Å². The van der Waals surface area contributed by atoms with Gasteiger partial charge in [-0.2, -0.15) is 0 Å². The van der Waals surface area contributed by atoms with E-state index in [1.807, 2.05) is 18.2 Å². The second kappa shape index (κ2) is 4.22. The van der Waals surface area contributed by atoms with Crippen LogP contribution in [0.5, 0.6) is 0 Å². The minimum absolute atomic E-state index is 0.531. The summed E-state index contributed by atoms with van der Waals surface area (Å²) in [5.74, 6) is 0. The Kier molecular flexibility index (Phi) is 2.48. The van der Waals surface area contributed by atoms with E-state index in [4.69, 9.17) is 0 Å². The standard InChI is InChI=1S/C18H17NO/c1-19-11-13-10-9-12-5-2-3-6-14(12)18(20)15-7-4-8-16(19)17(13)15/h2-8,11,18,20H,9-10H2,1H3. The molecule has 1 aliphatic rings. The number of aliphatic hydroxyl groups excluding tert-OH is 1. The molecule has 2 heteroatoms. The summed E-state index contributed by atoms with van der Waals surface area (Å²) in [5, 5.41) is 12.1. The lowest BCUT2D eigenvalue weighted by Crippen LogP contribution is -2.08. The van der Waals surface area contributed by atoms with E-state index in [0.29, 0.717) is 0 Å². The van der Waals surface area contributed by atoms with Gasteiger partial charge in [-0.05, 0) is 41.2 Å². The molecular formula is C18H17NO. The Balaban J connectivity index is 2.06. The van der Waals surface area contributed by atoms with Crippen molar-refractivity contribution in [2.24, 2.45) is 7.05 Å². The normalized spacial score (nSPS) is 17.6. The maximum Gasteiger partial charge on any atom is 0.105 e. The van der Waals surface area contributed by atoms with E-state index in [-0.39, 0.29) is 0 Å². The molecule has 2 aromatic carbocycles. The Morgan fingerprint density at radius 2 is 1.70 bits per heavy atom. The maximum absolute atomic E-state index is 10.8. The second-order valence-corrected chi connectivity index (χ2v) is 5.61. The first-order chi connectivity index (χ1) is 9.75. The first kappa shape index (κ1) is 11.7. The van der Waals surface area contributed by atoms with Crippen molar-refractivity contribution >= 4 is 10.9 Å². The van der Waals surface area contributed by atoms with Crippen LogP contribution < -0.4 is 0 Å². The third-order valence-corrected chi connectivity index (χ3v) is 4.43. The summed E-state index contributed by atoms with van der Waals surface area (Å²) in [6.45, 7) is 0. The highest BCUT2D eigenvalue weighted by Gasteiger charge is 2.22. The smallest absolute Gasteiger partial charge is 0.105 e. The number of aryl methyl sites for hydroxylation is 3. The average Bonchev–Trinajstić information content (AvgIpc) is 2.80. The molecule has 2 nitrogen and oxygen atoms in total. The summed E-state index contributed by atoms with van der Waals surface area (Å²) in [6, 6.07) is 14.5. The fourth-order valence-electron chi connectivity index (χ4n) is 3.45. The number of aliphatic hydroxyl groups is 1. The van der Waals surface area contributed by atoms with E-state index in [9.17, 15) is 5.11 Å². The summed E-state index contributed by atoms with van der Waals surface area (Å²) >= 11 is 0. The average molecular weight is 263 g/mol. The molecule has 0 amide bonds. The van der Waals surface area contributed by atoms with Crippen LogP contribution in [0.25, 0.3) is 10.9 Å². The van der Waals surface area contributed by atoms with Crippen molar-refractivity contribution < 1.29 is 5.11 Å². The van der Waals surface area contributed by atoms with Crippen molar-refractivity contribution in [2.45, 2.75) is 18.9 Å². The largest absolute Gasteiger partial charge is 0.384 e. The molecule has 1 heterocycles. The van der Waals surface area contributed by atoms with Crippen molar-refractivity contribution in [3.05, 3.63) is 70.9 Å². The molecule has 0 aliphatic heterocycles. The number of benzene rings is 2. The zero-order valence-corrected chi connectivity index (χ0v) is 11.5. The molecule has 4 rings (SSSR count). The van der Waals surface area contributed by atoms with Gasteiger partial charge in [0.25, 0.3) is 0 Å². The minimum atomic E-state index is -0.531. The molecule has 0 bridgehead atoms. The molecule has 3 aromatic rings. The number of fused-ring (bicyclic) bond motifs is 1. The molecule has 0 radical (unpaired) electrons. The van der Waals surface area contributed by atoms with Gasteiger partial charge in [0.15, 0.2) is 0 Å². The van der Waals surface area contributed by atoms with E-state index in [2.05, 4.69) is 42.1 Å². The van der Waals surface area contributed by atoms with Crippen molar-refractivity contribution in [3.63, 3.8) is 0 Å². The van der Waals surface area contributed by atoms with Crippen LogP contribution in [0.4, 0.5) is 0 Å². The van der Waals surface area contributed by atoms with E-state index in [1.165, 1.54) is 22.0 Å². The number of aromatic nitrogens is 1. The number of hydrogen-bond acceptors (Lipinski definition) is 1. The van der Waals surface area contributed by atoms with Gasteiger partial charge in [-0.1, -0.05) is 36.4 Å². The van der Waals surface area contributed by atoms with Gasteiger partial charge in [-0.25, -0.2) is 0 Å². The molecule has 0 fully saturated rings. The van der Waals surface area contributed by atoms with Gasteiger partial charge in [0.1, 0.15) is 6.10 Å². The monoisotopic (exact) mass is 263 g/mol. The molecule has 0 saturated heterocycles. The fourth-order valence-corrected chi connectivity index (χ4v) is 3.45. The SMILES string of the molecule is Cn1cc2c3c(cccc31)C(O)c1ccccc1CC2. The van der Waals surface area contributed by atoms with Gasteiger partial charge in [0.05, 0.1) is 0 Å². The lowest BCUT2D eigenvalue weighted by Gasteiger charge is -2.20. The predicted molar refractivity (Wildman–Crippen MR) is 80.8 cm³/mol. The van der Waals surface area contributed by atoms with Crippen LogP contribution in [0.2, 0.25) is 0 Å². The Hall–Kier alpha value is -2.06. The van der Waals surface area contributed by atoms with Crippen LogP contribution in [-0.4, -0.2) is 9.67 Å². The molecule has 1 atom stereocenters. The van der Waals surface area contributed by atoms with Gasteiger partial charge in [-0.15, -0.1) is 0 Å². The Labute approximate surface area is 118 Å². The van der Waals surface area contributed by atoms with Gasteiger partial charge in [0, 0.05) is 24.1 Å². The van der Waals surface area contributed by atoms with Crippen LogP contribution in [0.3, 0.4) is 0 Å². The summed E-state index contributed by atoms with van der Waals surface area (Å²) < 4.78 is 2.16. The van der Waals surface area contributed by atoms with Crippen LogP contribution in [0.15, 0.2) is 48.7 Å². The van der Waals surface area contributed by atoms with E-state index >= 15 is 0 Å². The molecule has 1 unspecified atom stereocenters. The Morgan fingerprint density at radius 1 is 0.950 bits per heavy atom. The third-order valence-electron chi connectivity index (χ3n) is 4.43. The van der Waals surface area contributed by atoms with Crippen molar-refractivity contribution in [1.82, 2.24) is 4.57 Å². The first-order valence-electron chi connectivity index (χ1n) is 7.08. The quantitative estimate of drug-likeness (QED) is 0.661. The second-order valence-electron chi connectivity index (χ2n) is 5.61. The predicted octanol–water partition coefficient (Wildman–Crippen LogP) is 3.36. The maximum atomic E-state index is 10.8. The minimum Gasteiger partial charge on any atom is -0.384 e. The topological polar surface area (TPSA) is 25.2 Å². The van der Waals surface area contributed by atoms with Gasteiger partial charge < -0.3 is 9.67 Å².